The quantitative estimate of drug-likeness (QED) is 0.679. The number of non-ortho nitro benzene ring substituents is 1. The van der Waals surface area contributed by atoms with Crippen molar-refractivity contribution < 1.29 is 9.72 Å². The molecule has 24 heavy (non-hydrogen) atoms. The molecule has 7 heteroatoms. The van der Waals surface area contributed by atoms with E-state index in [2.05, 4.69) is 16.3 Å². The number of rotatable bonds is 4. The number of carbonyl (C=O) groups excluding carboxylic acids is 1. The van der Waals surface area contributed by atoms with Crippen LogP contribution in [0, 0.1) is 10.1 Å². The Labute approximate surface area is 144 Å². The topological polar surface area (TPSA) is 75.5 Å². The molecular weight excluding hydrogens is 326 g/mol. The third-order valence-electron chi connectivity index (χ3n) is 3.71. The number of benzene rings is 2. The van der Waals surface area contributed by atoms with Crippen LogP contribution in [0.5, 0.6) is 0 Å². The first-order valence-corrected chi connectivity index (χ1v) is 8.63. The third-order valence-corrected chi connectivity index (χ3v) is 4.86. The van der Waals surface area contributed by atoms with Crippen molar-refractivity contribution in [2.75, 3.05) is 29.1 Å². The number of anilines is 2. The number of amides is 1. The van der Waals surface area contributed by atoms with Crippen LogP contribution in [0.15, 0.2) is 53.4 Å². The third kappa shape index (κ3) is 3.86. The van der Waals surface area contributed by atoms with Gasteiger partial charge in [-0.25, -0.2) is 0 Å². The number of nitrogens with zero attached hydrogens (tertiary/aromatic N) is 2. The summed E-state index contributed by atoms with van der Waals surface area (Å²) in [7, 11) is 0. The van der Waals surface area contributed by atoms with Gasteiger partial charge in [-0.05, 0) is 30.4 Å². The lowest BCUT2D eigenvalue weighted by atomic mass is 10.2. The maximum absolute atomic E-state index is 12.4. The molecule has 0 unspecified atom stereocenters. The van der Waals surface area contributed by atoms with Crippen molar-refractivity contribution in [2.24, 2.45) is 0 Å². The molecule has 0 spiro atoms. The van der Waals surface area contributed by atoms with Crippen molar-refractivity contribution in [3.8, 4) is 0 Å². The first-order valence-electron chi connectivity index (χ1n) is 7.64. The smallest absolute Gasteiger partial charge is 0.271 e. The number of carbonyl (C=O) groups is 1. The summed E-state index contributed by atoms with van der Waals surface area (Å²) >= 11 is 1.80. The van der Waals surface area contributed by atoms with Crippen molar-refractivity contribution in [1.82, 2.24) is 0 Å². The monoisotopic (exact) mass is 343 g/mol. The normalized spacial score (nSPS) is 13.8. The average molecular weight is 343 g/mol. The van der Waals surface area contributed by atoms with Gasteiger partial charge in [0.15, 0.2) is 0 Å². The van der Waals surface area contributed by atoms with E-state index in [0.29, 0.717) is 5.69 Å². The van der Waals surface area contributed by atoms with E-state index in [4.69, 9.17) is 0 Å². The minimum atomic E-state index is -0.474. The van der Waals surface area contributed by atoms with Gasteiger partial charge in [-0.1, -0.05) is 18.2 Å². The highest BCUT2D eigenvalue weighted by Crippen LogP contribution is 2.33. The first-order chi connectivity index (χ1) is 11.6. The van der Waals surface area contributed by atoms with Gasteiger partial charge >= 0.3 is 0 Å². The second kappa shape index (κ2) is 7.35. The van der Waals surface area contributed by atoms with Crippen LogP contribution in [0.25, 0.3) is 0 Å². The van der Waals surface area contributed by atoms with Gasteiger partial charge in [-0.3, -0.25) is 14.9 Å². The van der Waals surface area contributed by atoms with Crippen LogP contribution in [0.3, 0.4) is 0 Å². The summed E-state index contributed by atoms with van der Waals surface area (Å²) in [5, 5.41) is 13.6. The zero-order chi connectivity index (χ0) is 16.9. The lowest BCUT2D eigenvalue weighted by molar-refractivity contribution is -0.384. The Kier molecular flexibility index (Phi) is 5.00. The number of nitrogens with one attached hydrogen (secondary N) is 1. The molecule has 0 bridgehead atoms. The predicted octanol–water partition coefficient (Wildman–Crippen LogP) is 3.54. The van der Waals surface area contributed by atoms with Gasteiger partial charge < -0.3 is 10.2 Å². The maximum atomic E-state index is 12.4. The molecule has 0 radical (unpaired) electrons. The van der Waals surface area contributed by atoms with Gasteiger partial charge in [0, 0.05) is 29.3 Å². The Bertz CT molecular complexity index is 766. The predicted molar refractivity (Wildman–Crippen MR) is 95.7 cm³/mol. The molecular formula is C17H17N3O3S. The highest BCUT2D eigenvalue weighted by molar-refractivity contribution is 7.99. The Balaban J connectivity index is 1.71. The number of nitro groups is 1. The van der Waals surface area contributed by atoms with E-state index in [-0.39, 0.29) is 18.1 Å². The van der Waals surface area contributed by atoms with Crippen molar-refractivity contribution >= 4 is 34.7 Å². The molecule has 0 atom stereocenters. The number of thioether (sulfide) groups is 1. The van der Waals surface area contributed by atoms with Gasteiger partial charge in [0.25, 0.3) is 5.69 Å². The summed E-state index contributed by atoms with van der Waals surface area (Å²) in [6.45, 7) is 1.03. The van der Waals surface area contributed by atoms with E-state index in [1.54, 1.807) is 23.9 Å². The van der Waals surface area contributed by atoms with Crippen LogP contribution in [0.4, 0.5) is 17.1 Å². The van der Waals surface area contributed by atoms with Crippen LogP contribution in [-0.2, 0) is 4.79 Å². The van der Waals surface area contributed by atoms with Gasteiger partial charge in [0.1, 0.15) is 0 Å². The zero-order valence-corrected chi connectivity index (χ0v) is 13.8. The van der Waals surface area contributed by atoms with Gasteiger partial charge in [0.2, 0.25) is 5.91 Å². The average Bonchev–Trinajstić information content (AvgIpc) is 2.77. The molecule has 2 aromatic carbocycles. The highest BCUT2D eigenvalue weighted by Gasteiger charge is 2.18. The molecule has 124 valence electrons. The summed E-state index contributed by atoms with van der Waals surface area (Å²) in [5.41, 5.74) is 1.46. The highest BCUT2D eigenvalue weighted by atomic mass is 32.2. The summed E-state index contributed by atoms with van der Waals surface area (Å²) in [6.07, 6.45) is 1.00. The van der Waals surface area contributed by atoms with Gasteiger partial charge in [-0.15, -0.1) is 11.8 Å². The lowest BCUT2D eigenvalue weighted by Gasteiger charge is -2.23. The van der Waals surface area contributed by atoms with E-state index in [1.165, 1.54) is 17.0 Å². The molecule has 0 fully saturated rings. The molecule has 3 rings (SSSR count). The number of hydrogen-bond donors (Lipinski definition) is 1. The minimum Gasteiger partial charge on any atom is -0.361 e. The lowest BCUT2D eigenvalue weighted by Crippen LogP contribution is -2.34. The van der Waals surface area contributed by atoms with Crippen molar-refractivity contribution in [3.05, 3.63) is 58.6 Å². The number of nitro benzene ring substituents is 1. The fourth-order valence-electron chi connectivity index (χ4n) is 2.63. The molecule has 0 aromatic heterocycles. The first kappa shape index (κ1) is 16.3. The van der Waals surface area contributed by atoms with Crippen LogP contribution < -0.4 is 10.2 Å². The van der Waals surface area contributed by atoms with Crippen molar-refractivity contribution in [1.29, 1.82) is 0 Å². The fourth-order valence-corrected chi connectivity index (χ4v) is 3.65. The largest absolute Gasteiger partial charge is 0.361 e. The molecule has 1 aliphatic heterocycles. The molecule has 2 aromatic rings. The van der Waals surface area contributed by atoms with Crippen molar-refractivity contribution in [3.63, 3.8) is 0 Å². The van der Waals surface area contributed by atoms with Crippen LogP contribution >= 0.6 is 11.8 Å². The van der Waals surface area contributed by atoms with E-state index in [9.17, 15) is 14.9 Å². The maximum Gasteiger partial charge on any atom is 0.271 e. The Morgan fingerprint density at radius 3 is 2.92 bits per heavy atom. The standard InChI is InChI=1S/C17H17N3O3S/c21-17(18-13-5-3-6-14(11-13)20(22)23)12-19-9-4-10-24-16-8-2-1-7-15(16)19/h1-3,5-8,11H,4,9-10,12H2,(H,18,21). The summed E-state index contributed by atoms with van der Waals surface area (Å²) in [6, 6.07) is 14.0. The van der Waals surface area contributed by atoms with E-state index >= 15 is 0 Å². The Hall–Kier alpha value is -2.54. The van der Waals surface area contributed by atoms with E-state index < -0.39 is 4.92 Å². The van der Waals surface area contributed by atoms with Crippen LogP contribution in [-0.4, -0.2) is 29.7 Å². The summed E-state index contributed by atoms with van der Waals surface area (Å²) in [4.78, 5) is 25.9. The summed E-state index contributed by atoms with van der Waals surface area (Å²) in [5.74, 6) is 0.845. The molecule has 6 nitrogen and oxygen atoms in total. The molecule has 0 aliphatic carbocycles. The molecule has 1 N–H and O–H groups in total. The fraction of sp³-hybridized carbons (Fsp3) is 0.235. The second-order valence-electron chi connectivity index (χ2n) is 5.45. The molecule has 0 saturated carbocycles. The number of para-hydroxylation sites is 1. The van der Waals surface area contributed by atoms with Crippen molar-refractivity contribution in [2.45, 2.75) is 11.3 Å². The molecule has 0 saturated heterocycles. The Morgan fingerprint density at radius 1 is 1.25 bits per heavy atom. The number of hydrogen-bond acceptors (Lipinski definition) is 5. The van der Waals surface area contributed by atoms with Crippen LogP contribution in [0.2, 0.25) is 0 Å². The van der Waals surface area contributed by atoms with E-state index in [0.717, 1.165) is 24.4 Å². The minimum absolute atomic E-state index is 0.0377. The summed E-state index contributed by atoms with van der Waals surface area (Å²) < 4.78 is 0. The Morgan fingerprint density at radius 2 is 2.08 bits per heavy atom. The van der Waals surface area contributed by atoms with E-state index in [1.807, 2.05) is 18.2 Å². The van der Waals surface area contributed by atoms with Gasteiger partial charge in [0.05, 0.1) is 17.2 Å². The number of fused-ring (bicyclic) bond motifs is 1. The second-order valence-corrected chi connectivity index (χ2v) is 6.58. The SMILES string of the molecule is O=C(CN1CCCSc2ccccc21)Nc1cccc([N+](=O)[O-])c1. The molecule has 1 heterocycles. The molecule has 1 aliphatic rings. The molecule has 1 amide bonds. The van der Waals surface area contributed by atoms with Gasteiger partial charge in [-0.2, -0.15) is 0 Å². The zero-order valence-electron chi connectivity index (χ0n) is 13.0. The van der Waals surface area contributed by atoms with Crippen LogP contribution in [0.1, 0.15) is 6.42 Å².